The standard InChI is InChI=1S/C4H8F3N3O.ClH/c1-8-10-3(11)9-2-4(5,6)7;/h8H,2H2,1H3,(H2,9,10,11);1H. The van der Waals surface area contributed by atoms with Crippen LogP contribution in [0.5, 0.6) is 0 Å². The molecule has 0 aromatic heterocycles. The van der Waals surface area contributed by atoms with Gasteiger partial charge in [0.25, 0.3) is 0 Å². The van der Waals surface area contributed by atoms with Gasteiger partial charge in [-0.15, -0.1) is 12.4 Å². The maximum Gasteiger partial charge on any atom is 0.405 e. The number of hydrogen-bond acceptors (Lipinski definition) is 2. The average molecular weight is 208 g/mol. The highest BCUT2D eigenvalue weighted by atomic mass is 35.5. The first-order chi connectivity index (χ1) is 4.95. The van der Waals surface area contributed by atoms with Gasteiger partial charge < -0.3 is 5.32 Å². The lowest BCUT2D eigenvalue weighted by Gasteiger charge is -2.08. The van der Waals surface area contributed by atoms with E-state index < -0.39 is 18.8 Å². The molecule has 0 heterocycles. The summed E-state index contributed by atoms with van der Waals surface area (Å²) in [6.07, 6.45) is -4.37. The van der Waals surface area contributed by atoms with E-state index in [9.17, 15) is 18.0 Å². The fourth-order valence-electron chi connectivity index (χ4n) is 0.338. The van der Waals surface area contributed by atoms with Gasteiger partial charge in [-0.25, -0.2) is 10.2 Å². The zero-order valence-electron chi connectivity index (χ0n) is 6.16. The fourth-order valence-corrected chi connectivity index (χ4v) is 0.338. The van der Waals surface area contributed by atoms with Crippen molar-refractivity contribution < 1.29 is 18.0 Å². The number of nitrogens with one attached hydrogen (secondary N) is 3. The van der Waals surface area contributed by atoms with Gasteiger partial charge in [0.05, 0.1) is 0 Å². The molecule has 0 aliphatic carbocycles. The van der Waals surface area contributed by atoms with E-state index in [1.165, 1.54) is 7.05 Å². The Morgan fingerprint density at radius 2 is 1.92 bits per heavy atom. The molecule has 3 N–H and O–H groups in total. The van der Waals surface area contributed by atoms with E-state index >= 15 is 0 Å². The lowest BCUT2D eigenvalue weighted by atomic mass is 10.6. The summed E-state index contributed by atoms with van der Waals surface area (Å²) in [6, 6.07) is -0.912. The molecular formula is C4H9ClF3N3O. The summed E-state index contributed by atoms with van der Waals surface area (Å²) in [5.41, 5.74) is 4.09. The average Bonchev–Trinajstić information content (AvgIpc) is 1.83. The fraction of sp³-hybridized carbons (Fsp3) is 0.750. The summed E-state index contributed by atoms with van der Waals surface area (Å²) in [5, 5.41) is 1.59. The van der Waals surface area contributed by atoms with E-state index in [1.807, 2.05) is 5.43 Å². The summed E-state index contributed by atoms with van der Waals surface area (Å²) in [6.45, 7) is -1.33. The Hall–Kier alpha value is -0.690. The van der Waals surface area contributed by atoms with Gasteiger partial charge in [0.15, 0.2) is 0 Å². The predicted molar refractivity (Wildman–Crippen MR) is 38.9 cm³/mol. The zero-order chi connectivity index (χ0) is 8.91. The highest BCUT2D eigenvalue weighted by Crippen LogP contribution is 2.11. The lowest BCUT2D eigenvalue weighted by molar-refractivity contribution is -0.122. The van der Waals surface area contributed by atoms with Gasteiger partial charge in [-0.05, 0) is 0 Å². The Morgan fingerprint density at radius 3 is 2.25 bits per heavy atom. The van der Waals surface area contributed by atoms with Crippen molar-refractivity contribution in [2.24, 2.45) is 0 Å². The van der Waals surface area contributed by atoms with E-state index in [0.717, 1.165) is 0 Å². The number of amides is 2. The number of urea groups is 1. The minimum Gasteiger partial charge on any atom is -0.328 e. The third kappa shape index (κ3) is 9.31. The molecule has 0 atom stereocenters. The SMILES string of the molecule is CNNC(=O)NCC(F)(F)F.Cl. The Bertz CT molecular complexity index is 140. The Kier molecular flexibility index (Phi) is 6.82. The van der Waals surface area contributed by atoms with Crippen molar-refractivity contribution in [3.8, 4) is 0 Å². The summed E-state index contributed by atoms with van der Waals surface area (Å²) in [5.74, 6) is 0. The summed E-state index contributed by atoms with van der Waals surface area (Å²) < 4.78 is 34.2. The van der Waals surface area contributed by atoms with Crippen molar-refractivity contribution in [2.75, 3.05) is 13.6 Å². The van der Waals surface area contributed by atoms with Crippen LogP contribution in [0.4, 0.5) is 18.0 Å². The molecule has 0 aromatic carbocycles. The minimum atomic E-state index is -4.37. The van der Waals surface area contributed by atoms with Crippen LogP contribution in [-0.4, -0.2) is 25.8 Å². The van der Waals surface area contributed by atoms with E-state index in [1.54, 1.807) is 5.32 Å². The van der Waals surface area contributed by atoms with Crippen molar-refractivity contribution in [3.63, 3.8) is 0 Å². The molecule has 8 heteroatoms. The Labute approximate surface area is 73.3 Å². The molecule has 0 rings (SSSR count). The normalized spacial score (nSPS) is 10.0. The number of hydrazine groups is 1. The molecule has 4 nitrogen and oxygen atoms in total. The van der Waals surface area contributed by atoms with Crippen LogP contribution in [0, 0.1) is 0 Å². The summed E-state index contributed by atoms with van der Waals surface area (Å²) in [4.78, 5) is 10.3. The van der Waals surface area contributed by atoms with Gasteiger partial charge in [-0.1, -0.05) is 0 Å². The molecular weight excluding hydrogens is 199 g/mol. The van der Waals surface area contributed by atoms with Crippen LogP contribution >= 0.6 is 12.4 Å². The maximum atomic E-state index is 11.4. The first-order valence-electron chi connectivity index (χ1n) is 2.73. The number of carbonyl (C=O) groups is 1. The maximum absolute atomic E-state index is 11.4. The highest BCUT2D eigenvalue weighted by molar-refractivity contribution is 5.85. The molecule has 2 amide bonds. The summed E-state index contributed by atoms with van der Waals surface area (Å²) >= 11 is 0. The zero-order valence-corrected chi connectivity index (χ0v) is 6.97. The van der Waals surface area contributed by atoms with E-state index in [4.69, 9.17) is 0 Å². The van der Waals surface area contributed by atoms with Crippen LogP contribution in [0.15, 0.2) is 0 Å². The molecule has 0 fully saturated rings. The molecule has 0 saturated carbocycles. The van der Waals surface area contributed by atoms with Crippen molar-refractivity contribution in [1.82, 2.24) is 16.2 Å². The van der Waals surface area contributed by atoms with Crippen molar-refractivity contribution in [2.45, 2.75) is 6.18 Å². The number of alkyl halides is 3. The van der Waals surface area contributed by atoms with Crippen LogP contribution in [0.1, 0.15) is 0 Å². The van der Waals surface area contributed by atoms with Crippen molar-refractivity contribution in [3.05, 3.63) is 0 Å². The Morgan fingerprint density at radius 1 is 1.42 bits per heavy atom. The quantitative estimate of drug-likeness (QED) is 0.575. The number of halogens is 4. The molecule has 0 spiro atoms. The smallest absolute Gasteiger partial charge is 0.328 e. The van der Waals surface area contributed by atoms with Gasteiger partial charge in [0.1, 0.15) is 6.54 Å². The third-order valence-electron chi connectivity index (χ3n) is 0.688. The number of rotatable bonds is 2. The molecule has 0 radical (unpaired) electrons. The second-order valence-corrected chi connectivity index (χ2v) is 1.67. The molecule has 0 saturated heterocycles. The summed E-state index contributed by atoms with van der Waals surface area (Å²) in [7, 11) is 1.37. The largest absolute Gasteiger partial charge is 0.405 e. The van der Waals surface area contributed by atoms with E-state index in [2.05, 4.69) is 5.43 Å². The number of carbonyl (C=O) groups excluding carboxylic acids is 1. The third-order valence-corrected chi connectivity index (χ3v) is 0.688. The van der Waals surface area contributed by atoms with Crippen LogP contribution in [-0.2, 0) is 0 Å². The van der Waals surface area contributed by atoms with Gasteiger partial charge in [-0.3, -0.25) is 5.43 Å². The minimum absolute atomic E-state index is 0. The lowest BCUT2D eigenvalue weighted by Crippen LogP contribution is -2.45. The topological polar surface area (TPSA) is 53.2 Å². The molecule has 0 aliphatic heterocycles. The molecule has 0 unspecified atom stereocenters. The van der Waals surface area contributed by atoms with Gasteiger partial charge in [-0.2, -0.15) is 13.2 Å². The van der Waals surface area contributed by atoms with E-state index in [0.29, 0.717) is 0 Å². The van der Waals surface area contributed by atoms with Crippen LogP contribution in [0.25, 0.3) is 0 Å². The van der Waals surface area contributed by atoms with Crippen LogP contribution in [0.2, 0.25) is 0 Å². The first-order valence-corrected chi connectivity index (χ1v) is 2.73. The predicted octanol–water partition coefficient (Wildman–Crippen LogP) is 0.404. The molecule has 74 valence electrons. The van der Waals surface area contributed by atoms with Crippen LogP contribution < -0.4 is 16.2 Å². The van der Waals surface area contributed by atoms with Crippen LogP contribution in [0.3, 0.4) is 0 Å². The Balaban J connectivity index is 0. The van der Waals surface area contributed by atoms with Gasteiger partial charge in [0.2, 0.25) is 0 Å². The molecule has 0 aromatic rings. The van der Waals surface area contributed by atoms with Gasteiger partial charge >= 0.3 is 12.2 Å². The number of hydrogen-bond donors (Lipinski definition) is 3. The first kappa shape index (κ1) is 13.9. The molecule has 0 aliphatic rings. The molecule has 12 heavy (non-hydrogen) atoms. The van der Waals surface area contributed by atoms with Gasteiger partial charge in [0, 0.05) is 7.05 Å². The second kappa shape index (κ2) is 5.90. The highest BCUT2D eigenvalue weighted by Gasteiger charge is 2.27. The molecule has 0 bridgehead atoms. The second-order valence-electron chi connectivity index (χ2n) is 1.67. The monoisotopic (exact) mass is 207 g/mol. The van der Waals surface area contributed by atoms with Crippen molar-refractivity contribution in [1.29, 1.82) is 0 Å². The van der Waals surface area contributed by atoms with E-state index in [-0.39, 0.29) is 12.4 Å². The van der Waals surface area contributed by atoms with Crippen molar-refractivity contribution >= 4 is 18.4 Å².